The van der Waals surface area contributed by atoms with Crippen molar-refractivity contribution >= 4 is 16.8 Å². The predicted molar refractivity (Wildman–Crippen MR) is 128 cm³/mol. The second-order valence-corrected chi connectivity index (χ2v) is 7.93. The van der Waals surface area contributed by atoms with Gasteiger partial charge in [-0.2, -0.15) is 0 Å². The third-order valence-electron chi connectivity index (χ3n) is 5.73. The van der Waals surface area contributed by atoms with E-state index in [-0.39, 0.29) is 17.5 Å². The molecule has 0 aliphatic carbocycles. The van der Waals surface area contributed by atoms with Crippen LogP contribution in [0, 0.1) is 0 Å². The Kier molecular flexibility index (Phi) is 8.56. The van der Waals surface area contributed by atoms with E-state index in [1.165, 1.54) is 0 Å². The number of nitrogens with zero attached hydrogens (tertiary/aromatic N) is 3. The number of fused-ring (bicyclic) bond motifs is 1. The van der Waals surface area contributed by atoms with E-state index in [1.54, 1.807) is 17.7 Å². The number of hydrogen-bond donors (Lipinski definition) is 0. The van der Waals surface area contributed by atoms with Crippen molar-refractivity contribution in [3.05, 3.63) is 76.3 Å². The number of para-hydroxylation sites is 1. The Labute approximate surface area is 189 Å². The molecule has 1 heterocycles. The van der Waals surface area contributed by atoms with Crippen LogP contribution < -0.4 is 5.56 Å². The van der Waals surface area contributed by atoms with Crippen LogP contribution in [0.1, 0.15) is 50.5 Å². The second kappa shape index (κ2) is 11.6. The van der Waals surface area contributed by atoms with Gasteiger partial charge in [0.25, 0.3) is 5.56 Å². The Hall–Kier alpha value is -2.99. The Morgan fingerprint density at radius 1 is 1.09 bits per heavy atom. The summed E-state index contributed by atoms with van der Waals surface area (Å²) >= 11 is 0. The van der Waals surface area contributed by atoms with Crippen molar-refractivity contribution in [3.63, 3.8) is 0 Å². The molecule has 32 heavy (non-hydrogen) atoms. The average Bonchev–Trinajstić information content (AvgIpc) is 2.83. The fraction of sp³-hybridized carbons (Fsp3) is 0.423. The van der Waals surface area contributed by atoms with Crippen molar-refractivity contribution in [2.45, 2.75) is 52.1 Å². The van der Waals surface area contributed by atoms with Gasteiger partial charge < -0.3 is 9.64 Å². The van der Waals surface area contributed by atoms with Gasteiger partial charge in [0.15, 0.2) is 0 Å². The first-order valence-corrected chi connectivity index (χ1v) is 11.4. The molecule has 6 nitrogen and oxygen atoms in total. The molecule has 0 aliphatic rings. The van der Waals surface area contributed by atoms with E-state index < -0.39 is 0 Å². The molecule has 3 aromatic rings. The molecule has 1 aromatic heterocycles. The third kappa shape index (κ3) is 5.43. The van der Waals surface area contributed by atoms with Crippen LogP contribution in [0.4, 0.5) is 0 Å². The molecule has 0 saturated heterocycles. The van der Waals surface area contributed by atoms with Gasteiger partial charge in [0.2, 0.25) is 5.91 Å². The number of carbonyl (C=O) groups excluding carboxylic acids is 1. The van der Waals surface area contributed by atoms with Gasteiger partial charge in [0.1, 0.15) is 5.82 Å². The summed E-state index contributed by atoms with van der Waals surface area (Å²) in [5.41, 5.74) is 1.72. The maximum absolute atomic E-state index is 13.3. The molecule has 1 unspecified atom stereocenters. The van der Waals surface area contributed by atoms with Crippen LogP contribution in [-0.2, 0) is 22.5 Å². The highest BCUT2D eigenvalue weighted by molar-refractivity contribution is 5.78. The van der Waals surface area contributed by atoms with Gasteiger partial charge in [0.05, 0.1) is 30.1 Å². The molecule has 0 N–H and O–H groups in total. The topological polar surface area (TPSA) is 64.4 Å². The highest BCUT2D eigenvalue weighted by Crippen LogP contribution is 2.25. The smallest absolute Gasteiger partial charge is 0.261 e. The monoisotopic (exact) mass is 435 g/mol. The molecule has 1 atom stereocenters. The molecule has 0 aliphatic heterocycles. The summed E-state index contributed by atoms with van der Waals surface area (Å²) in [6.45, 7) is 5.53. The SMILES string of the molecule is CCCN(C(=O)CCc1ccccc1)C(CC)c1nc2ccccc2c(=O)n1CCOC. The lowest BCUT2D eigenvalue weighted by atomic mass is 10.1. The van der Waals surface area contributed by atoms with E-state index in [4.69, 9.17) is 9.72 Å². The summed E-state index contributed by atoms with van der Waals surface area (Å²) in [7, 11) is 1.62. The van der Waals surface area contributed by atoms with Gasteiger partial charge in [0, 0.05) is 20.1 Å². The van der Waals surface area contributed by atoms with Gasteiger partial charge >= 0.3 is 0 Å². The fourth-order valence-electron chi connectivity index (χ4n) is 4.12. The molecular formula is C26H33N3O3. The number of benzene rings is 2. The van der Waals surface area contributed by atoms with Gasteiger partial charge in [-0.25, -0.2) is 4.98 Å². The first kappa shape index (κ1) is 23.7. The number of aryl methyl sites for hydroxylation is 1. The zero-order chi connectivity index (χ0) is 22.9. The Morgan fingerprint density at radius 3 is 2.50 bits per heavy atom. The van der Waals surface area contributed by atoms with Crippen LogP contribution in [0.25, 0.3) is 10.9 Å². The summed E-state index contributed by atoms with van der Waals surface area (Å²) in [5.74, 6) is 0.720. The summed E-state index contributed by atoms with van der Waals surface area (Å²) in [5, 5.41) is 0.583. The quantitative estimate of drug-likeness (QED) is 0.449. The zero-order valence-corrected chi connectivity index (χ0v) is 19.3. The van der Waals surface area contributed by atoms with Crippen molar-refractivity contribution < 1.29 is 9.53 Å². The molecule has 3 rings (SSSR count). The summed E-state index contributed by atoms with van der Waals surface area (Å²) < 4.78 is 6.94. The standard InChI is InChI=1S/C26H33N3O3/c1-4-17-28(24(30)16-15-20-11-7-6-8-12-20)23(5-2)25-27-22-14-10-9-13-21(22)26(31)29(25)18-19-32-3/h6-14,23H,4-5,15-19H2,1-3H3. The van der Waals surface area contributed by atoms with Gasteiger partial charge in [-0.15, -0.1) is 0 Å². The molecule has 2 aromatic carbocycles. The largest absolute Gasteiger partial charge is 0.383 e. The Morgan fingerprint density at radius 2 is 1.81 bits per heavy atom. The lowest BCUT2D eigenvalue weighted by Crippen LogP contribution is -2.39. The van der Waals surface area contributed by atoms with Crippen molar-refractivity contribution in [1.82, 2.24) is 14.5 Å². The van der Waals surface area contributed by atoms with Gasteiger partial charge in [-0.3, -0.25) is 14.2 Å². The highest BCUT2D eigenvalue weighted by atomic mass is 16.5. The van der Waals surface area contributed by atoms with Crippen molar-refractivity contribution in [2.75, 3.05) is 20.3 Å². The lowest BCUT2D eigenvalue weighted by molar-refractivity contribution is -0.134. The molecule has 6 heteroatoms. The normalized spacial score (nSPS) is 12.1. The van der Waals surface area contributed by atoms with Gasteiger partial charge in [-0.05, 0) is 37.0 Å². The first-order valence-electron chi connectivity index (χ1n) is 11.4. The number of methoxy groups -OCH3 is 1. The minimum atomic E-state index is -0.271. The Bertz CT molecular complexity index is 1080. The summed E-state index contributed by atoms with van der Waals surface area (Å²) in [4.78, 5) is 33.4. The van der Waals surface area contributed by atoms with Crippen LogP contribution in [0.15, 0.2) is 59.4 Å². The first-order chi connectivity index (χ1) is 15.6. The zero-order valence-electron chi connectivity index (χ0n) is 19.3. The van der Waals surface area contributed by atoms with Crippen LogP contribution in [-0.4, -0.2) is 40.6 Å². The maximum Gasteiger partial charge on any atom is 0.261 e. The number of hydrogen-bond acceptors (Lipinski definition) is 4. The summed E-state index contributed by atoms with van der Waals surface area (Å²) in [6, 6.07) is 17.2. The fourth-order valence-corrected chi connectivity index (χ4v) is 4.12. The highest BCUT2D eigenvalue weighted by Gasteiger charge is 2.27. The van der Waals surface area contributed by atoms with Crippen LogP contribution in [0.2, 0.25) is 0 Å². The molecule has 1 amide bonds. The Balaban J connectivity index is 1.98. The molecule has 0 saturated carbocycles. The number of ether oxygens (including phenoxy) is 1. The van der Waals surface area contributed by atoms with Crippen molar-refractivity contribution in [2.24, 2.45) is 0 Å². The number of carbonyl (C=O) groups is 1. The van der Waals surface area contributed by atoms with Crippen LogP contribution in [0.5, 0.6) is 0 Å². The van der Waals surface area contributed by atoms with Crippen LogP contribution in [0.3, 0.4) is 0 Å². The number of rotatable bonds is 11. The minimum Gasteiger partial charge on any atom is -0.383 e. The van der Waals surface area contributed by atoms with E-state index in [1.807, 2.05) is 60.4 Å². The molecule has 0 radical (unpaired) electrons. The van der Waals surface area contributed by atoms with E-state index in [9.17, 15) is 9.59 Å². The second-order valence-electron chi connectivity index (χ2n) is 7.93. The van der Waals surface area contributed by atoms with Crippen molar-refractivity contribution in [1.29, 1.82) is 0 Å². The van der Waals surface area contributed by atoms with Crippen LogP contribution >= 0.6 is 0 Å². The van der Waals surface area contributed by atoms with E-state index >= 15 is 0 Å². The molecule has 170 valence electrons. The van der Waals surface area contributed by atoms with E-state index in [0.29, 0.717) is 55.7 Å². The lowest BCUT2D eigenvalue weighted by Gasteiger charge is -2.32. The minimum absolute atomic E-state index is 0.0863. The van der Waals surface area contributed by atoms with E-state index in [0.717, 1.165) is 12.0 Å². The summed E-state index contributed by atoms with van der Waals surface area (Å²) in [6.07, 6.45) is 2.63. The van der Waals surface area contributed by atoms with Crippen molar-refractivity contribution in [3.8, 4) is 0 Å². The third-order valence-corrected chi connectivity index (χ3v) is 5.73. The predicted octanol–water partition coefficient (Wildman–Crippen LogP) is 4.37. The molecule has 0 fully saturated rings. The molecule has 0 bridgehead atoms. The molecular weight excluding hydrogens is 402 g/mol. The van der Waals surface area contributed by atoms with E-state index in [2.05, 4.69) is 6.92 Å². The number of aromatic nitrogens is 2. The van der Waals surface area contributed by atoms with Gasteiger partial charge in [-0.1, -0.05) is 56.3 Å². The maximum atomic E-state index is 13.3. The molecule has 0 spiro atoms. The average molecular weight is 436 g/mol. The number of amides is 1.